The number of nitrogens with two attached hydrogens (primary N) is 1. The van der Waals surface area contributed by atoms with Gasteiger partial charge < -0.3 is 20.5 Å². The minimum Gasteiger partial charge on any atom is -0.496 e. The van der Waals surface area contributed by atoms with E-state index >= 15 is 0 Å². The van der Waals surface area contributed by atoms with Crippen LogP contribution in [0.2, 0.25) is 0 Å². The summed E-state index contributed by atoms with van der Waals surface area (Å²) in [5, 5.41) is 3.55. The molecule has 0 atom stereocenters. The molecule has 0 bridgehead atoms. The van der Waals surface area contributed by atoms with E-state index in [-0.39, 0.29) is 18.0 Å². The molecule has 4 rings (SSSR count). The summed E-state index contributed by atoms with van der Waals surface area (Å²) in [4.78, 5) is 11.9. The molecule has 0 saturated carbocycles. The van der Waals surface area contributed by atoms with Crippen LogP contribution in [0.5, 0.6) is 11.5 Å². The summed E-state index contributed by atoms with van der Waals surface area (Å²) in [5.41, 5.74) is 11.2. The van der Waals surface area contributed by atoms with Crippen LogP contribution in [0.1, 0.15) is 42.3 Å². The molecule has 0 spiro atoms. The van der Waals surface area contributed by atoms with Gasteiger partial charge in [0.2, 0.25) is 0 Å². The van der Waals surface area contributed by atoms with Crippen LogP contribution in [-0.2, 0) is 6.61 Å². The minimum atomic E-state index is -0.555. The fourth-order valence-electron chi connectivity index (χ4n) is 4.43. The lowest BCUT2D eigenvalue weighted by Gasteiger charge is -2.33. The van der Waals surface area contributed by atoms with E-state index in [1.165, 1.54) is 19.2 Å². The summed E-state index contributed by atoms with van der Waals surface area (Å²) in [6.45, 7) is 6.45. The zero-order chi connectivity index (χ0) is 23.8. The smallest absolute Gasteiger partial charge is 0.252 e. The van der Waals surface area contributed by atoms with Crippen molar-refractivity contribution in [2.24, 2.45) is 5.73 Å². The highest BCUT2D eigenvalue weighted by Crippen LogP contribution is 2.43. The molecule has 3 aromatic rings. The van der Waals surface area contributed by atoms with Gasteiger partial charge in [0, 0.05) is 28.4 Å². The lowest BCUT2D eigenvalue weighted by Crippen LogP contribution is -2.32. The fraction of sp³-hybridized carbons (Fsp3) is 0.222. The number of rotatable bonds is 6. The number of allylic oxidation sites excluding steroid dienone is 1. The molecule has 0 unspecified atom stereocenters. The maximum absolute atomic E-state index is 13.9. The number of methoxy groups -OCH3 is 1. The van der Waals surface area contributed by atoms with Gasteiger partial charge in [0.15, 0.2) is 0 Å². The number of nitrogens with one attached hydrogen (secondary N) is 1. The quantitative estimate of drug-likeness (QED) is 0.503. The molecule has 5 nitrogen and oxygen atoms in total. The van der Waals surface area contributed by atoms with Gasteiger partial charge >= 0.3 is 0 Å². The average molecular weight is 447 g/mol. The molecule has 6 heteroatoms. The van der Waals surface area contributed by atoms with Gasteiger partial charge in [-0.2, -0.15) is 0 Å². The first-order chi connectivity index (χ1) is 15.7. The van der Waals surface area contributed by atoms with Gasteiger partial charge in [0.1, 0.15) is 23.9 Å². The first-order valence-electron chi connectivity index (χ1n) is 10.7. The topological polar surface area (TPSA) is 73.6 Å². The van der Waals surface area contributed by atoms with Crippen LogP contribution in [0.25, 0.3) is 16.7 Å². The number of para-hydroxylation sites is 1. The lowest BCUT2D eigenvalue weighted by atomic mass is 9.85. The van der Waals surface area contributed by atoms with Crippen molar-refractivity contribution in [1.82, 2.24) is 0 Å². The number of hydrogen-bond acceptors (Lipinski definition) is 4. The Balaban J connectivity index is 1.88. The van der Waals surface area contributed by atoms with Crippen LogP contribution in [0.3, 0.4) is 0 Å². The van der Waals surface area contributed by atoms with E-state index in [1.807, 2.05) is 12.1 Å². The van der Waals surface area contributed by atoms with Gasteiger partial charge in [0.05, 0.1) is 18.2 Å². The Morgan fingerprint density at radius 1 is 1.06 bits per heavy atom. The Kier molecular flexibility index (Phi) is 5.85. The van der Waals surface area contributed by atoms with Crippen molar-refractivity contribution in [3.8, 4) is 22.6 Å². The van der Waals surface area contributed by atoms with Crippen LogP contribution >= 0.6 is 0 Å². The van der Waals surface area contributed by atoms with Crippen LogP contribution < -0.4 is 20.5 Å². The Labute approximate surface area is 193 Å². The number of amides is 1. The highest BCUT2D eigenvalue weighted by atomic mass is 19.1. The Morgan fingerprint density at radius 3 is 2.52 bits per heavy atom. The normalized spacial score (nSPS) is 14.0. The zero-order valence-corrected chi connectivity index (χ0v) is 19.2. The number of primary amides is 1. The third-order valence-electron chi connectivity index (χ3n) is 5.72. The summed E-state index contributed by atoms with van der Waals surface area (Å²) >= 11 is 0. The predicted octanol–water partition coefficient (Wildman–Crippen LogP) is 5.79. The van der Waals surface area contributed by atoms with E-state index in [0.717, 1.165) is 33.5 Å². The molecule has 0 aromatic heterocycles. The van der Waals surface area contributed by atoms with Gasteiger partial charge in [-0.05, 0) is 62.2 Å². The Bertz CT molecular complexity index is 1260. The number of carbonyl (C=O) groups is 1. The third kappa shape index (κ3) is 4.42. The first-order valence-corrected chi connectivity index (χ1v) is 10.7. The van der Waals surface area contributed by atoms with Gasteiger partial charge in [-0.25, -0.2) is 4.39 Å². The van der Waals surface area contributed by atoms with Crippen molar-refractivity contribution in [2.75, 3.05) is 12.4 Å². The molecular formula is C27H27FN2O3. The zero-order valence-electron chi connectivity index (χ0n) is 19.2. The van der Waals surface area contributed by atoms with E-state index < -0.39 is 5.91 Å². The monoisotopic (exact) mass is 446 g/mol. The van der Waals surface area contributed by atoms with Crippen LogP contribution in [-0.4, -0.2) is 18.6 Å². The van der Waals surface area contributed by atoms with E-state index in [2.05, 4.69) is 32.2 Å². The molecule has 1 heterocycles. The molecule has 0 fully saturated rings. The molecular weight excluding hydrogens is 419 g/mol. The minimum absolute atomic E-state index is 0.177. The van der Waals surface area contributed by atoms with Gasteiger partial charge in [-0.15, -0.1) is 0 Å². The molecule has 0 aliphatic carbocycles. The average Bonchev–Trinajstić information content (AvgIpc) is 2.76. The molecule has 170 valence electrons. The molecule has 0 radical (unpaired) electrons. The van der Waals surface area contributed by atoms with Gasteiger partial charge in [-0.1, -0.05) is 24.3 Å². The molecule has 0 saturated heterocycles. The summed E-state index contributed by atoms with van der Waals surface area (Å²) in [6, 6.07) is 15.4. The standard InChI is InChI=1S/C27H27FN2O3/c1-16-14-27(2,3)30-22-12-11-18(19-10-9-17(28)13-24(19)32-4)21(25(16)22)15-33-23-8-6-5-7-20(23)26(29)31/h5-14,30H,15H2,1-4H3,(H2,29,31). The van der Waals surface area contributed by atoms with Crippen molar-refractivity contribution < 1.29 is 18.7 Å². The van der Waals surface area contributed by atoms with Crippen LogP contribution in [0, 0.1) is 5.82 Å². The first kappa shape index (κ1) is 22.4. The lowest BCUT2D eigenvalue weighted by molar-refractivity contribution is 0.0996. The fourth-order valence-corrected chi connectivity index (χ4v) is 4.43. The van der Waals surface area contributed by atoms with E-state index in [4.69, 9.17) is 15.2 Å². The van der Waals surface area contributed by atoms with Crippen molar-refractivity contribution in [2.45, 2.75) is 32.9 Å². The number of ether oxygens (including phenoxy) is 2. The Hall–Kier alpha value is -3.80. The van der Waals surface area contributed by atoms with E-state index in [1.54, 1.807) is 30.3 Å². The number of fused-ring (bicyclic) bond motifs is 1. The van der Waals surface area contributed by atoms with Gasteiger partial charge in [-0.3, -0.25) is 4.79 Å². The number of hydrogen-bond donors (Lipinski definition) is 2. The van der Waals surface area contributed by atoms with Crippen molar-refractivity contribution in [1.29, 1.82) is 0 Å². The number of benzene rings is 3. The SMILES string of the molecule is COc1cc(F)ccc1-c1ccc2c(c1COc1ccccc1C(N)=O)C(C)=CC(C)(C)N2. The number of halogens is 1. The van der Waals surface area contributed by atoms with Gasteiger partial charge in [0.25, 0.3) is 5.91 Å². The summed E-state index contributed by atoms with van der Waals surface area (Å²) in [5.74, 6) is -0.0910. The molecule has 1 aliphatic heterocycles. The third-order valence-corrected chi connectivity index (χ3v) is 5.72. The largest absolute Gasteiger partial charge is 0.496 e. The molecule has 1 aliphatic rings. The van der Waals surface area contributed by atoms with E-state index in [9.17, 15) is 9.18 Å². The van der Waals surface area contributed by atoms with Crippen molar-refractivity contribution in [3.05, 3.63) is 83.2 Å². The second-order valence-electron chi connectivity index (χ2n) is 8.68. The molecule has 3 N–H and O–H groups in total. The number of carbonyl (C=O) groups excluding carboxylic acids is 1. The summed E-state index contributed by atoms with van der Waals surface area (Å²) in [7, 11) is 1.52. The van der Waals surface area contributed by atoms with E-state index in [0.29, 0.717) is 17.1 Å². The number of anilines is 1. The van der Waals surface area contributed by atoms with Crippen molar-refractivity contribution in [3.63, 3.8) is 0 Å². The highest BCUT2D eigenvalue weighted by molar-refractivity contribution is 5.95. The molecule has 3 aromatic carbocycles. The maximum atomic E-state index is 13.9. The second kappa shape index (κ2) is 8.62. The summed E-state index contributed by atoms with van der Waals surface area (Å²) < 4.78 is 25.5. The molecule has 1 amide bonds. The maximum Gasteiger partial charge on any atom is 0.252 e. The second-order valence-corrected chi connectivity index (χ2v) is 8.68. The van der Waals surface area contributed by atoms with Crippen LogP contribution in [0.15, 0.2) is 60.7 Å². The molecule has 33 heavy (non-hydrogen) atoms. The highest BCUT2D eigenvalue weighted by Gasteiger charge is 2.27. The van der Waals surface area contributed by atoms with Crippen LogP contribution in [0.4, 0.5) is 10.1 Å². The van der Waals surface area contributed by atoms with Crippen molar-refractivity contribution >= 4 is 17.2 Å². The summed E-state index contributed by atoms with van der Waals surface area (Å²) in [6.07, 6.45) is 2.17. The Morgan fingerprint density at radius 2 is 1.79 bits per heavy atom. The predicted molar refractivity (Wildman–Crippen MR) is 129 cm³/mol.